The quantitative estimate of drug-likeness (QED) is 0.736. The highest BCUT2D eigenvalue weighted by molar-refractivity contribution is 6.04. The molecule has 1 aromatic carbocycles. The van der Waals surface area contributed by atoms with Gasteiger partial charge >= 0.3 is 12.1 Å². The number of nitrogens with one attached hydrogen (secondary N) is 3. The molecule has 5 amide bonds. The van der Waals surface area contributed by atoms with Crippen LogP contribution in [0.4, 0.5) is 15.3 Å². The van der Waals surface area contributed by atoms with Crippen LogP contribution in [0.25, 0.3) is 0 Å². The van der Waals surface area contributed by atoms with E-state index in [1.54, 1.807) is 24.3 Å². The maximum Gasteiger partial charge on any atom is 0.324 e. The molecule has 1 aliphatic heterocycles. The Balaban J connectivity index is 2.04. The molecule has 0 bridgehead atoms. The SMILES string of the molecule is CC(C)NC(=O)Nc1ccc(C2NC(=O)N(C)C2=O)cc1. The summed E-state index contributed by atoms with van der Waals surface area (Å²) in [6, 6.07) is 5.46. The number of hydrogen-bond donors (Lipinski definition) is 3. The molecule has 1 atom stereocenters. The zero-order valence-electron chi connectivity index (χ0n) is 12.1. The van der Waals surface area contributed by atoms with E-state index in [0.29, 0.717) is 11.3 Å². The average Bonchev–Trinajstić information content (AvgIpc) is 2.66. The standard InChI is InChI=1S/C14H18N4O3/c1-8(2)15-13(20)16-10-6-4-9(5-7-10)11-12(19)18(3)14(21)17-11/h4-8,11H,1-3H3,(H,17,21)(H2,15,16,20). The van der Waals surface area contributed by atoms with Gasteiger partial charge < -0.3 is 16.0 Å². The summed E-state index contributed by atoms with van der Waals surface area (Å²) in [7, 11) is 1.43. The first kappa shape index (κ1) is 14.8. The van der Waals surface area contributed by atoms with Gasteiger partial charge in [0.2, 0.25) is 0 Å². The van der Waals surface area contributed by atoms with E-state index in [1.807, 2.05) is 13.8 Å². The molecule has 1 aromatic rings. The van der Waals surface area contributed by atoms with E-state index < -0.39 is 12.1 Å². The van der Waals surface area contributed by atoms with Gasteiger partial charge in [-0.05, 0) is 31.5 Å². The minimum absolute atomic E-state index is 0.0473. The summed E-state index contributed by atoms with van der Waals surface area (Å²) >= 11 is 0. The van der Waals surface area contributed by atoms with Gasteiger partial charge in [0.1, 0.15) is 6.04 Å². The van der Waals surface area contributed by atoms with Crippen LogP contribution in [0.5, 0.6) is 0 Å². The van der Waals surface area contributed by atoms with E-state index in [0.717, 1.165) is 4.90 Å². The van der Waals surface area contributed by atoms with Crippen molar-refractivity contribution in [2.75, 3.05) is 12.4 Å². The third kappa shape index (κ3) is 3.31. The van der Waals surface area contributed by atoms with E-state index in [1.165, 1.54) is 7.05 Å². The van der Waals surface area contributed by atoms with Crippen molar-refractivity contribution >= 4 is 23.7 Å². The van der Waals surface area contributed by atoms with Gasteiger partial charge in [-0.15, -0.1) is 0 Å². The fraction of sp³-hybridized carbons (Fsp3) is 0.357. The lowest BCUT2D eigenvalue weighted by Crippen LogP contribution is -2.34. The van der Waals surface area contributed by atoms with Gasteiger partial charge in [-0.2, -0.15) is 0 Å². The van der Waals surface area contributed by atoms with E-state index in [2.05, 4.69) is 16.0 Å². The molecule has 112 valence electrons. The Kier molecular flexibility index (Phi) is 4.11. The summed E-state index contributed by atoms with van der Waals surface area (Å²) in [5.41, 5.74) is 1.29. The molecular weight excluding hydrogens is 272 g/mol. The highest BCUT2D eigenvalue weighted by Crippen LogP contribution is 2.22. The lowest BCUT2D eigenvalue weighted by molar-refractivity contribution is -0.126. The number of hydrogen-bond acceptors (Lipinski definition) is 3. The molecule has 0 radical (unpaired) electrons. The summed E-state index contributed by atoms with van der Waals surface area (Å²) in [5.74, 6) is -0.293. The van der Waals surface area contributed by atoms with Crippen molar-refractivity contribution in [1.82, 2.24) is 15.5 Å². The number of carbonyl (C=O) groups is 3. The van der Waals surface area contributed by atoms with Crippen LogP contribution in [0, 0.1) is 0 Å². The second-order valence-electron chi connectivity index (χ2n) is 5.15. The zero-order chi connectivity index (χ0) is 15.6. The Morgan fingerprint density at radius 2 is 1.86 bits per heavy atom. The monoisotopic (exact) mass is 290 g/mol. The number of imide groups is 1. The molecule has 7 heteroatoms. The molecule has 1 heterocycles. The van der Waals surface area contributed by atoms with E-state index in [9.17, 15) is 14.4 Å². The summed E-state index contributed by atoms with van der Waals surface area (Å²) in [6.07, 6.45) is 0. The van der Waals surface area contributed by atoms with Gasteiger partial charge in [0.25, 0.3) is 5.91 Å². The Hall–Kier alpha value is -2.57. The summed E-state index contributed by atoms with van der Waals surface area (Å²) in [6.45, 7) is 3.74. The lowest BCUT2D eigenvalue weighted by atomic mass is 10.1. The van der Waals surface area contributed by atoms with E-state index >= 15 is 0 Å². The van der Waals surface area contributed by atoms with Crippen LogP contribution in [0.2, 0.25) is 0 Å². The molecule has 0 saturated carbocycles. The third-order valence-corrected chi connectivity index (χ3v) is 3.07. The van der Waals surface area contributed by atoms with Crippen molar-refractivity contribution in [2.24, 2.45) is 0 Å². The highest BCUT2D eigenvalue weighted by Gasteiger charge is 2.36. The summed E-state index contributed by atoms with van der Waals surface area (Å²) in [5, 5.41) is 7.99. The molecule has 0 aliphatic carbocycles. The predicted molar refractivity (Wildman–Crippen MR) is 77.8 cm³/mol. The Morgan fingerprint density at radius 3 is 2.33 bits per heavy atom. The fourth-order valence-electron chi connectivity index (χ4n) is 1.99. The molecule has 0 aromatic heterocycles. The number of urea groups is 2. The van der Waals surface area contributed by atoms with Gasteiger partial charge in [-0.1, -0.05) is 12.1 Å². The zero-order valence-corrected chi connectivity index (χ0v) is 12.1. The normalized spacial score (nSPS) is 17.9. The maximum atomic E-state index is 11.9. The number of likely N-dealkylation sites (N-methyl/N-ethyl adjacent to an activating group) is 1. The van der Waals surface area contributed by atoms with E-state index in [4.69, 9.17) is 0 Å². The van der Waals surface area contributed by atoms with Crippen molar-refractivity contribution < 1.29 is 14.4 Å². The second-order valence-corrected chi connectivity index (χ2v) is 5.15. The first-order valence-electron chi connectivity index (χ1n) is 6.64. The molecule has 3 N–H and O–H groups in total. The first-order chi connectivity index (χ1) is 9.88. The average molecular weight is 290 g/mol. The van der Waals surface area contributed by atoms with Crippen molar-refractivity contribution in [2.45, 2.75) is 25.9 Å². The smallest absolute Gasteiger partial charge is 0.324 e. The van der Waals surface area contributed by atoms with Crippen molar-refractivity contribution in [3.05, 3.63) is 29.8 Å². The maximum absolute atomic E-state index is 11.9. The molecule has 0 spiro atoms. The lowest BCUT2D eigenvalue weighted by Gasteiger charge is -2.12. The van der Waals surface area contributed by atoms with Crippen molar-refractivity contribution in [1.29, 1.82) is 0 Å². The first-order valence-corrected chi connectivity index (χ1v) is 6.64. The number of benzene rings is 1. The minimum atomic E-state index is -0.666. The van der Waals surface area contributed by atoms with Crippen LogP contribution in [-0.4, -0.2) is 36.0 Å². The Labute approximate surface area is 122 Å². The van der Waals surface area contributed by atoms with Crippen molar-refractivity contribution in [3.63, 3.8) is 0 Å². The molecule has 1 fully saturated rings. The number of amides is 5. The van der Waals surface area contributed by atoms with Gasteiger partial charge in [-0.3, -0.25) is 9.69 Å². The van der Waals surface area contributed by atoms with Crippen LogP contribution >= 0.6 is 0 Å². The van der Waals surface area contributed by atoms with Crippen molar-refractivity contribution in [3.8, 4) is 0 Å². The highest BCUT2D eigenvalue weighted by atomic mass is 16.2. The van der Waals surface area contributed by atoms with Crippen LogP contribution in [0.3, 0.4) is 0 Å². The minimum Gasteiger partial charge on any atom is -0.336 e. The Bertz CT molecular complexity index is 568. The third-order valence-electron chi connectivity index (χ3n) is 3.07. The Morgan fingerprint density at radius 1 is 1.24 bits per heavy atom. The number of carbonyl (C=O) groups excluding carboxylic acids is 3. The van der Waals surface area contributed by atoms with Crippen LogP contribution < -0.4 is 16.0 Å². The number of rotatable bonds is 3. The summed E-state index contributed by atoms with van der Waals surface area (Å²) < 4.78 is 0. The van der Waals surface area contributed by atoms with Gasteiger partial charge in [-0.25, -0.2) is 9.59 Å². The van der Waals surface area contributed by atoms with Crippen LogP contribution in [-0.2, 0) is 4.79 Å². The topological polar surface area (TPSA) is 90.5 Å². The predicted octanol–water partition coefficient (Wildman–Crippen LogP) is 1.44. The van der Waals surface area contributed by atoms with Gasteiger partial charge in [0.15, 0.2) is 0 Å². The fourth-order valence-corrected chi connectivity index (χ4v) is 1.99. The van der Waals surface area contributed by atoms with Crippen LogP contribution in [0.15, 0.2) is 24.3 Å². The number of anilines is 1. The van der Waals surface area contributed by atoms with Crippen LogP contribution in [0.1, 0.15) is 25.5 Å². The molecular formula is C14H18N4O3. The van der Waals surface area contributed by atoms with Gasteiger partial charge in [0, 0.05) is 18.8 Å². The molecule has 1 saturated heterocycles. The number of nitrogens with zero attached hydrogens (tertiary/aromatic N) is 1. The second kappa shape index (κ2) is 5.82. The molecule has 7 nitrogen and oxygen atoms in total. The molecule has 1 unspecified atom stereocenters. The molecule has 1 aliphatic rings. The molecule has 21 heavy (non-hydrogen) atoms. The van der Waals surface area contributed by atoms with Gasteiger partial charge in [0.05, 0.1) is 0 Å². The largest absolute Gasteiger partial charge is 0.336 e. The molecule has 2 rings (SSSR count). The van der Waals surface area contributed by atoms with E-state index in [-0.39, 0.29) is 18.0 Å². The summed E-state index contributed by atoms with van der Waals surface area (Å²) in [4.78, 5) is 35.9.